The molecule has 3 heteroatoms. The van der Waals surface area contributed by atoms with Gasteiger partial charge < -0.3 is 10.2 Å². The Morgan fingerprint density at radius 3 is 2.84 bits per heavy atom. The Hall–Kier alpha value is -2.13. The van der Waals surface area contributed by atoms with Gasteiger partial charge in [0.25, 0.3) is 0 Å². The monoisotopic (exact) mass is 252 g/mol. The molecule has 0 aliphatic carbocycles. The first kappa shape index (κ1) is 11.9. The number of benzene rings is 1. The number of rotatable bonds is 3. The van der Waals surface area contributed by atoms with E-state index in [9.17, 15) is 0 Å². The lowest BCUT2D eigenvalue weighted by atomic mass is 10.0. The molecule has 0 fully saturated rings. The molecule has 96 valence electrons. The van der Waals surface area contributed by atoms with E-state index in [1.165, 1.54) is 10.9 Å². The molecule has 0 spiro atoms. The number of para-hydroxylation sites is 1. The minimum absolute atomic E-state index is 0.144. The van der Waals surface area contributed by atoms with Crippen LogP contribution in [0, 0.1) is 6.92 Å². The maximum Gasteiger partial charge on any atom is 0.105 e. The fourth-order valence-electron chi connectivity index (χ4n) is 2.32. The van der Waals surface area contributed by atoms with E-state index < -0.39 is 0 Å². The van der Waals surface area contributed by atoms with E-state index in [1.807, 2.05) is 30.3 Å². The van der Waals surface area contributed by atoms with Gasteiger partial charge in [-0.1, -0.05) is 18.2 Å². The van der Waals surface area contributed by atoms with Gasteiger partial charge in [-0.05, 0) is 36.8 Å². The third-order valence-electron chi connectivity index (χ3n) is 3.32. The summed E-state index contributed by atoms with van der Waals surface area (Å²) in [4.78, 5) is 4.65. The van der Waals surface area contributed by atoms with E-state index in [4.69, 9.17) is 10.2 Å². The summed E-state index contributed by atoms with van der Waals surface area (Å²) in [6, 6.07) is 13.9. The van der Waals surface area contributed by atoms with Crippen LogP contribution < -0.4 is 5.73 Å². The molecule has 3 nitrogen and oxygen atoms in total. The predicted octanol–water partition coefficient (Wildman–Crippen LogP) is 3.38. The Morgan fingerprint density at radius 1 is 1.21 bits per heavy atom. The minimum atomic E-state index is -0.144. The number of hydrogen-bond donors (Lipinski definition) is 1. The summed E-state index contributed by atoms with van der Waals surface area (Å²) in [6.07, 6.45) is 2.33. The van der Waals surface area contributed by atoms with E-state index >= 15 is 0 Å². The van der Waals surface area contributed by atoms with Gasteiger partial charge in [0.15, 0.2) is 0 Å². The fraction of sp³-hybridized carbons (Fsp3) is 0.188. The quantitative estimate of drug-likeness (QED) is 0.777. The minimum Gasteiger partial charge on any atom is -0.469 e. The van der Waals surface area contributed by atoms with Crippen molar-refractivity contribution in [2.45, 2.75) is 19.4 Å². The van der Waals surface area contributed by atoms with Gasteiger partial charge in [0, 0.05) is 11.8 Å². The van der Waals surface area contributed by atoms with Crippen molar-refractivity contribution in [3.8, 4) is 0 Å². The zero-order valence-electron chi connectivity index (χ0n) is 10.8. The molecule has 2 aromatic heterocycles. The summed E-state index contributed by atoms with van der Waals surface area (Å²) in [5.74, 6) is 0.889. The summed E-state index contributed by atoms with van der Waals surface area (Å²) in [5.41, 5.74) is 9.33. The average Bonchev–Trinajstić information content (AvgIpc) is 2.91. The number of hydrogen-bond acceptors (Lipinski definition) is 3. The molecule has 1 aromatic carbocycles. The Labute approximate surface area is 112 Å². The highest BCUT2D eigenvalue weighted by Crippen LogP contribution is 2.22. The van der Waals surface area contributed by atoms with E-state index in [1.54, 1.807) is 6.26 Å². The highest BCUT2D eigenvalue weighted by atomic mass is 16.3. The van der Waals surface area contributed by atoms with Crippen LogP contribution in [0.1, 0.15) is 23.1 Å². The van der Waals surface area contributed by atoms with Crippen LogP contribution in [-0.4, -0.2) is 4.98 Å². The predicted molar refractivity (Wildman–Crippen MR) is 75.8 cm³/mol. The molecule has 3 rings (SSSR count). The van der Waals surface area contributed by atoms with Crippen molar-refractivity contribution in [3.05, 3.63) is 65.7 Å². The van der Waals surface area contributed by atoms with Gasteiger partial charge in [-0.25, -0.2) is 0 Å². The van der Waals surface area contributed by atoms with Gasteiger partial charge in [0.1, 0.15) is 5.76 Å². The lowest BCUT2D eigenvalue weighted by Gasteiger charge is -2.12. The highest BCUT2D eigenvalue weighted by Gasteiger charge is 2.12. The van der Waals surface area contributed by atoms with Crippen LogP contribution in [0.5, 0.6) is 0 Å². The maximum atomic E-state index is 6.22. The van der Waals surface area contributed by atoms with Crippen molar-refractivity contribution in [3.63, 3.8) is 0 Å². The number of aryl methyl sites for hydroxylation is 1. The molecule has 2 heterocycles. The van der Waals surface area contributed by atoms with Gasteiger partial charge in [0.05, 0.1) is 23.5 Å². The molecule has 0 saturated heterocycles. The van der Waals surface area contributed by atoms with E-state index in [0.717, 1.165) is 17.0 Å². The van der Waals surface area contributed by atoms with Gasteiger partial charge in [-0.2, -0.15) is 0 Å². The summed E-state index contributed by atoms with van der Waals surface area (Å²) < 4.78 is 5.34. The Morgan fingerprint density at radius 2 is 2.05 bits per heavy atom. The van der Waals surface area contributed by atoms with Crippen molar-refractivity contribution < 1.29 is 4.42 Å². The SMILES string of the molecule is Cc1cc(C(N)Cc2ccco2)nc2ccccc12. The second-order valence-electron chi connectivity index (χ2n) is 4.77. The molecule has 0 amide bonds. The van der Waals surface area contributed by atoms with Crippen molar-refractivity contribution in [2.24, 2.45) is 5.73 Å². The molecular formula is C16H16N2O. The van der Waals surface area contributed by atoms with Gasteiger partial charge in [-0.3, -0.25) is 4.98 Å². The molecule has 0 saturated carbocycles. The second kappa shape index (κ2) is 4.86. The third kappa shape index (κ3) is 2.37. The fourth-order valence-corrected chi connectivity index (χ4v) is 2.32. The summed E-state index contributed by atoms with van der Waals surface area (Å²) >= 11 is 0. The molecule has 2 N–H and O–H groups in total. The Balaban J connectivity index is 1.96. The smallest absolute Gasteiger partial charge is 0.105 e. The molecule has 0 radical (unpaired) electrons. The van der Waals surface area contributed by atoms with Crippen LogP contribution in [0.25, 0.3) is 10.9 Å². The number of pyridine rings is 1. The molecule has 0 bridgehead atoms. The number of aromatic nitrogens is 1. The van der Waals surface area contributed by atoms with Gasteiger partial charge >= 0.3 is 0 Å². The lowest BCUT2D eigenvalue weighted by molar-refractivity contribution is 0.486. The summed E-state index contributed by atoms with van der Waals surface area (Å²) in [6.45, 7) is 2.09. The van der Waals surface area contributed by atoms with Crippen LogP contribution in [0.4, 0.5) is 0 Å². The normalized spacial score (nSPS) is 12.7. The Kier molecular flexibility index (Phi) is 3.05. The Bertz CT molecular complexity index is 689. The first-order valence-corrected chi connectivity index (χ1v) is 6.38. The zero-order valence-corrected chi connectivity index (χ0v) is 10.8. The van der Waals surface area contributed by atoms with Crippen molar-refractivity contribution in [1.29, 1.82) is 0 Å². The first-order valence-electron chi connectivity index (χ1n) is 6.38. The van der Waals surface area contributed by atoms with E-state index in [-0.39, 0.29) is 6.04 Å². The van der Waals surface area contributed by atoms with Crippen molar-refractivity contribution >= 4 is 10.9 Å². The molecular weight excluding hydrogens is 236 g/mol. The van der Waals surface area contributed by atoms with Crippen LogP contribution in [-0.2, 0) is 6.42 Å². The third-order valence-corrected chi connectivity index (χ3v) is 3.32. The van der Waals surface area contributed by atoms with Crippen LogP contribution in [0.15, 0.2) is 53.1 Å². The van der Waals surface area contributed by atoms with Gasteiger partial charge in [-0.15, -0.1) is 0 Å². The average molecular weight is 252 g/mol. The number of fused-ring (bicyclic) bond motifs is 1. The molecule has 0 aliphatic heterocycles. The van der Waals surface area contributed by atoms with E-state index in [2.05, 4.69) is 24.0 Å². The molecule has 19 heavy (non-hydrogen) atoms. The lowest BCUT2D eigenvalue weighted by Crippen LogP contribution is -2.15. The summed E-state index contributed by atoms with van der Waals surface area (Å²) in [7, 11) is 0. The van der Waals surface area contributed by atoms with Crippen LogP contribution in [0.2, 0.25) is 0 Å². The summed E-state index contributed by atoms with van der Waals surface area (Å²) in [5, 5.41) is 1.18. The number of nitrogens with two attached hydrogens (primary N) is 1. The largest absolute Gasteiger partial charge is 0.469 e. The standard InChI is InChI=1S/C16H16N2O/c1-11-9-16(14(17)10-12-5-4-8-19-12)18-15-7-3-2-6-13(11)15/h2-9,14H,10,17H2,1H3. The van der Waals surface area contributed by atoms with Crippen molar-refractivity contribution in [1.82, 2.24) is 4.98 Å². The molecule has 0 aliphatic rings. The molecule has 3 aromatic rings. The topological polar surface area (TPSA) is 52.0 Å². The number of nitrogens with zero attached hydrogens (tertiary/aromatic N) is 1. The van der Waals surface area contributed by atoms with Crippen LogP contribution >= 0.6 is 0 Å². The molecule has 1 atom stereocenters. The highest BCUT2D eigenvalue weighted by molar-refractivity contribution is 5.82. The first-order chi connectivity index (χ1) is 9.24. The van der Waals surface area contributed by atoms with Gasteiger partial charge in [0.2, 0.25) is 0 Å². The molecule has 1 unspecified atom stereocenters. The maximum absolute atomic E-state index is 6.22. The van der Waals surface area contributed by atoms with Crippen LogP contribution in [0.3, 0.4) is 0 Å². The van der Waals surface area contributed by atoms with E-state index in [0.29, 0.717) is 6.42 Å². The number of furan rings is 1. The zero-order chi connectivity index (χ0) is 13.2. The second-order valence-corrected chi connectivity index (χ2v) is 4.77. The van der Waals surface area contributed by atoms with Crippen molar-refractivity contribution in [2.75, 3.05) is 0 Å².